The molecular weight excluding hydrogens is 424 g/mol. The Balaban J connectivity index is 1.67. The molecule has 0 spiro atoms. The number of benzene rings is 3. The Morgan fingerprint density at radius 3 is 2.28 bits per heavy atom. The first-order valence-corrected chi connectivity index (χ1v) is 11.8. The van der Waals surface area contributed by atoms with Crippen molar-refractivity contribution in [2.75, 3.05) is 10.0 Å². The van der Waals surface area contributed by atoms with E-state index < -0.39 is 16.1 Å². The van der Waals surface area contributed by atoms with E-state index >= 15 is 0 Å². The average molecular weight is 453 g/mol. The van der Waals surface area contributed by atoms with Gasteiger partial charge < -0.3 is 10.1 Å². The summed E-state index contributed by atoms with van der Waals surface area (Å²) in [5, 5.41) is 2.76. The van der Waals surface area contributed by atoms with Crippen molar-refractivity contribution in [2.45, 2.75) is 45.6 Å². The van der Waals surface area contributed by atoms with Gasteiger partial charge in [-0.3, -0.25) is 9.52 Å². The molecule has 32 heavy (non-hydrogen) atoms. The Bertz CT molecular complexity index is 1240. The molecule has 7 heteroatoms. The summed E-state index contributed by atoms with van der Waals surface area (Å²) < 4.78 is 33.9. The fraction of sp³-hybridized carbons (Fsp3) is 0.240. The van der Waals surface area contributed by atoms with E-state index in [0.717, 1.165) is 22.3 Å². The molecule has 0 aliphatic carbocycles. The molecule has 6 nitrogen and oxygen atoms in total. The fourth-order valence-corrected chi connectivity index (χ4v) is 4.23. The van der Waals surface area contributed by atoms with Crippen molar-refractivity contribution in [2.24, 2.45) is 0 Å². The first-order valence-electron chi connectivity index (χ1n) is 10.3. The van der Waals surface area contributed by atoms with E-state index in [1.807, 2.05) is 58.0 Å². The Morgan fingerprint density at radius 1 is 0.906 bits per heavy atom. The van der Waals surface area contributed by atoms with E-state index in [-0.39, 0.29) is 10.8 Å². The molecule has 3 aromatic rings. The monoisotopic (exact) mass is 452 g/mol. The van der Waals surface area contributed by atoms with E-state index in [0.29, 0.717) is 17.1 Å². The van der Waals surface area contributed by atoms with Gasteiger partial charge in [0.05, 0.1) is 10.6 Å². The summed E-state index contributed by atoms with van der Waals surface area (Å²) in [4.78, 5) is 12.6. The van der Waals surface area contributed by atoms with Crippen LogP contribution in [0.4, 0.5) is 11.4 Å². The van der Waals surface area contributed by atoms with Gasteiger partial charge in [-0.25, -0.2) is 8.42 Å². The maximum Gasteiger partial charge on any atom is 0.265 e. The molecule has 0 saturated heterocycles. The molecule has 1 amide bonds. The molecular formula is C25H28N2O4S. The van der Waals surface area contributed by atoms with Gasteiger partial charge in [-0.15, -0.1) is 0 Å². The summed E-state index contributed by atoms with van der Waals surface area (Å²) in [7, 11) is -3.75. The SMILES string of the molecule is Cc1ccc(C)c(NS(=O)(=O)c2ccc(NC(=O)[C@H](C)Oc3cccc(C)c3C)cc2)c1. The number of aryl methyl sites for hydroxylation is 3. The number of carbonyl (C=O) groups is 1. The number of hydrogen-bond acceptors (Lipinski definition) is 4. The zero-order valence-electron chi connectivity index (χ0n) is 18.9. The van der Waals surface area contributed by atoms with Crippen LogP contribution in [0.1, 0.15) is 29.2 Å². The lowest BCUT2D eigenvalue weighted by molar-refractivity contribution is -0.122. The molecule has 0 aromatic heterocycles. The number of amides is 1. The van der Waals surface area contributed by atoms with Crippen molar-refractivity contribution < 1.29 is 17.9 Å². The molecule has 3 rings (SSSR count). The molecule has 168 valence electrons. The van der Waals surface area contributed by atoms with Gasteiger partial charge in [-0.2, -0.15) is 0 Å². The Hall–Kier alpha value is -3.32. The average Bonchev–Trinajstić information content (AvgIpc) is 2.74. The lowest BCUT2D eigenvalue weighted by Crippen LogP contribution is -2.30. The maximum absolute atomic E-state index is 12.8. The van der Waals surface area contributed by atoms with Crippen LogP contribution in [0.15, 0.2) is 65.6 Å². The normalized spacial score (nSPS) is 12.2. The number of hydrogen-bond donors (Lipinski definition) is 2. The van der Waals surface area contributed by atoms with Gasteiger partial charge in [0, 0.05) is 5.69 Å². The molecule has 0 fully saturated rings. The molecule has 3 aromatic carbocycles. The highest BCUT2D eigenvalue weighted by molar-refractivity contribution is 7.92. The standard InChI is InChI=1S/C25H28N2O4S/c1-16-9-10-18(3)23(15-16)27-32(29,30)22-13-11-21(12-14-22)26-25(28)20(5)31-24-8-6-7-17(2)19(24)4/h6-15,20,27H,1-5H3,(H,26,28)/t20-/m0/s1. The second-order valence-electron chi connectivity index (χ2n) is 7.90. The second kappa shape index (κ2) is 9.44. The van der Waals surface area contributed by atoms with Crippen molar-refractivity contribution in [3.8, 4) is 5.75 Å². The first-order chi connectivity index (χ1) is 15.1. The minimum absolute atomic E-state index is 0.107. The molecule has 0 heterocycles. The molecule has 0 saturated carbocycles. The molecule has 0 radical (unpaired) electrons. The minimum atomic E-state index is -3.75. The first kappa shape index (κ1) is 23.3. The zero-order valence-corrected chi connectivity index (χ0v) is 19.7. The number of carbonyl (C=O) groups excluding carboxylic acids is 1. The number of nitrogens with one attached hydrogen (secondary N) is 2. The van der Waals surface area contributed by atoms with Crippen LogP contribution in [-0.2, 0) is 14.8 Å². The maximum atomic E-state index is 12.8. The molecule has 1 atom stereocenters. The number of anilines is 2. The van der Waals surface area contributed by atoms with Gasteiger partial charge in [-0.1, -0.05) is 24.3 Å². The summed E-state index contributed by atoms with van der Waals surface area (Å²) in [6.07, 6.45) is -0.718. The van der Waals surface area contributed by atoms with E-state index in [1.54, 1.807) is 25.1 Å². The molecule has 0 bridgehead atoms. The topological polar surface area (TPSA) is 84.5 Å². The Kier molecular flexibility index (Phi) is 6.89. The number of ether oxygens (including phenoxy) is 1. The summed E-state index contributed by atoms with van der Waals surface area (Å²) >= 11 is 0. The van der Waals surface area contributed by atoms with E-state index in [9.17, 15) is 13.2 Å². The largest absolute Gasteiger partial charge is 0.481 e. The van der Waals surface area contributed by atoms with Gasteiger partial charge in [-0.05, 0) is 93.3 Å². The van der Waals surface area contributed by atoms with Crippen LogP contribution in [0, 0.1) is 27.7 Å². The fourth-order valence-electron chi connectivity index (χ4n) is 3.11. The van der Waals surface area contributed by atoms with Crippen LogP contribution in [0.5, 0.6) is 5.75 Å². The third-order valence-electron chi connectivity index (χ3n) is 5.30. The third-order valence-corrected chi connectivity index (χ3v) is 6.68. The van der Waals surface area contributed by atoms with E-state index in [1.165, 1.54) is 12.1 Å². The lowest BCUT2D eigenvalue weighted by Gasteiger charge is -2.17. The van der Waals surface area contributed by atoms with Crippen molar-refractivity contribution in [3.05, 3.63) is 82.9 Å². The zero-order chi connectivity index (χ0) is 23.5. The second-order valence-corrected chi connectivity index (χ2v) is 9.58. The molecule has 0 unspecified atom stereocenters. The summed E-state index contributed by atoms with van der Waals surface area (Å²) in [5.41, 5.74) is 4.89. The van der Waals surface area contributed by atoms with Gasteiger partial charge in [0.25, 0.3) is 15.9 Å². The van der Waals surface area contributed by atoms with Crippen LogP contribution in [0.25, 0.3) is 0 Å². The predicted molar refractivity (Wildman–Crippen MR) is 128 cm³/mol. The molecule has 0 aliphatic rings. The quantitative estimate of drug-likeness (QED) is 0.521. The highest BCUT2D eigenvalue weighted by Crippen LogP contribution is 2.24. The van der Waals surface area contributed by atoms with Crippen molar-refractivity contribution in [1.82, 2.24) is 0 Å². The van der Waals surface area contributed by atoms with Gasteiger partial charge in [0.15, 0.2) is 6.10 Å². The third kappa shape index (κ3) is 5.48. The highest BCUT2D eigenvalue weighted by atomic mass is 32.2. The predicted octanol–water partition coefficient (Wildman–Crippen LogP) is 5.13. The van der Waals surface area contributed by atoms with Crippen LogP contribution >= 0.6 is 0 Å². The van der Waals surface area contributed by atoms with Crippen LogP contribution < -0.4 is 14.8 Å². The van der Waals surface area contributed by atoms with E-state index in [2.05, 4.69) is 10.0 Å². The van der Waals surface area contributed by atoms with E-state index in [4.69, 9.17) is 4.74 Å². The Morgan fingerprint density at radius 2 is 1.59 bits per heavy atom. The smallest absolute Gasteiger partial charge is 0.265 e. The minimum Gasteiger partial charge on any atom is -0.481 e. The lowest BCUT2D eigenvalue weighted by atomic mass is 10.1. The van der Waals surface area contributed by atoms with Crippen molar-refractivity contribution in [3.63, 3.8) is 0 Å². The number of sulfonamides is 1. The van der Waals surface area contributed by atoms with Crippen LogP contribution in [0.3, 0.4) is 0 Å². The summed E-state index contributed by atoms with van der Waals surface area (Å²) in [6.45, 7) is 9.35. The van der Waals surface area contributed by atoms with Crippen molar-refractivity contribution in [1.29, 1.82) is 0 Å². The Labute approximate surface area is 189 Å². The summed E-state index contributed by atoms with van der Waals surface area (Å²) in [6, 6.07) is 17.3. The van der Waals surface area contributed by atoms with Crippen LogP contribution in [-0.4, -0.2) is 20.4 Å². The molecule has 2 N–H and O–H groups in total. The van der Waals surface area contributed by atoms with Gasteiger partial charge >= 0.3 is 0 Å². The molecule has 0 aliphatic heterocycles. The number of rotatable bonds is 7. The van der Waals surface area contributed by atoms with Crippen LogP contribution in [0.2, 0.25) is 0 Å². The van der Waals surface area contributed by atoms with Crippen molar-refractivity contribution >= 4 is 27.3 Å². The van der Waals surface area contributed by atoms with Gasteiger partial charge in [0.1, 0.15) is 5.75 Å². The van der Waals surface area contributed by atoms with Gasteiger partial charge in [0.2, 0.25) is 0 Å². The summed E-state index contributed by atoms with van der Waals surface area (Å²) in [5.74, 6) is 0.335. The highest BCUT2D eigenvalue weighted by Gasteiger charge is 2.18.